The van der Waals surface area contributed by atoms with Gasteiger partial charge in [-0.3, -0.25) is 0 Å². The maximum atomic E-state index is 4.10. The Bertz CT molecular complexity index is 297. The molecule has 0 spiro atoms. The van der Waals surface area contributed by atoms with E-state index in [2.05, 4.69) is 27.2 Å². The summed E-state index contributed by atoms with van der Waals surface area (Å²) in [6, 6.07) is 0. The summed E-state index contributed by atoms with van der Waals surface area (Å²) in [5.41, 5.74) is 0. The molecule has 0 amide bonds. The van der Waals surface area contributed by atoms with Crippen molar-refractivity contribution in [1.29, 1.82) is 0 Å². The van der Waals surface area contributed by atoms with E-state index in [1.54, 1.807) is 11.3 Å². The van der Waals surface area contributed by atoms with E-state index >= 15 is 0 Å². The van der Waals surface area contributed by atoms with Crippen LogP contribution in [0.1, 0.15) is 11.4 Å². The van der Waals surface area contributed by atoms with Crippen LogP contribution >= 0.6 is 23.7 Å². The molecule has 1 aromatic rings. The van der Waals surface area contributed by atoms with Gasteiger partial charge >= 0.3 is 0 Å². The number of rotatable bonds is 1. The van der Waals surface area contributed by atoms with Gasteiger partial charge in [-0.25, -0.2) is 0 Å². The Morgan fingerprint density at radius 1 is 1.38 bits per heavy atom. The van der Waals surface area contributed by atoms with Crippen molar-refractivity contribution >= 4 is 28.9 Å². The van der Waals surface area contributed by atoms with Crippen molar-refractivity contribution in [2.24, 2.45) is 0 Å². The topological polar surface area (TPSA) is 29.0 Å². The van der Waals surface area contributed by atoms with Crippen molar-refractivity contribution in [3.63, 3.8) is 0 Å². The summed E-state index contributed by atoms with van der Waals surface area (Å²) >= 11 is 1.66. The summed E-state index contributed by atoms with van der Waals surface area (Å²) in [7, 11) is 0. The maximum Gasteiger partial charge on any atom is 0.208 e. The van der Waals surface area contributed by atoms with Gasteiger partial charge in [0, 0.05) is 13.1 Å². The molecule has 1 aliphatic heterocycles. The van der Waals surface area contributed by atoms with Gasteiger partial charge in [0.2, 0.25) is 5.13 Å². The van der Waals surface area contributed by atoms with Gasteiger partial charge in [0.05, 0.1) is 0 Å². The third kappa shape index (κ3) is 2.42. The highest BCUT2D eigenvalue weighted by molar-refractivity contribution is 7.15. The zero-order chi connectivity index (χ0) is 8.39. The molecule has 1 aliphatic rings. The van der Waals surface area contributed by atoms with Gasteiger partial charge in [-0.1, -0.05) is 23.5 Å². The molecule has 2 heterocycles. The number of hydrogen-bond acceptors (Lipinski definition) is 4. The number of halogens is 1. The molecule has 2 rings (SSSR count). The van der Waals surface area contributed by atoms with Crippen molar-refractivity contribution in [3.05, 3.63) is 17.2 Å². The lowest BCUT2D eigenvalue weighted by Crippen LogP contribution is -2.26. The van der Waals surface area contributed by atoms with E-state index in [-0.39, 0.29) is 12.4 Å². The molecule has 0 radical (unpaired) electrons. The molecule has 5 heteroatoms. The molecular weight excluding hydrogens is 206 g/mol. The largest absolute Gasteiger partial charge is 0.343 e. The molecule has 0 saturated carbocycles. The standard InChI is InChI=1S/C8H11N3S.ClH/c1-7-9-10-8(12-7)11-5-3-2-4-6-11;/h2-3H,4-6H2,1H3;1H. The molecule has 0 fully saturated rings. The van der Waals surface area contributed by atoms with Gasteiger partial charge in [0.1, 0.15) is 5.01 Å². The number of nitrogens with zero attached hydrogens (tertiary/aromatic N) is 3. The fourth-order valence-corrected chi connectivity index (χ4v) is 1.95. The van der Waals surface area contributed by atoms with E-state index < -0.39 is 0 Å². The summed E-state index contributed by atoms with van der Waals surface area (Å²) < 4.78 is 0. The van der Waals surface area contributed by atoms with E-state index in [9.17, 15) is 0 Å². The Kier molecular flexibility index (Phi) is 3.69. The van der Waals surface area contributed by atoms with Gasteiger partial charge in [0.25, 0.3) is 0 Å². The summed E-state index contributed by atoms with van der Waals surface area (Å²) in [6.45, 7) is 4.04. The summed E-state index contributed by atoms with van der Waals surface area (Å²) in [6.07, 6.45) is 5.52. The fraction of sp³-hybridized carbons (Fsp3) is 0.500. The highest BCUT2D eigenvalue weighted by Gasteiger charge is 2.10. The fourth-order valence-electron chi connectivity index (χ4n) is 1.23. The molecule has 72 valence electrons. The zero-order valence-electron chi connectivity index (χ0n) is 7.43. The predicted molar refractivity (Wildman–Crippen MR) is 57.9 cm³/mol. The zero-order valence-corrected chi connectivity index (χ0v) is 9.07. The molecule has 13 heavy (non-hydrogen) atoms. The summed E-state index contributed by atoms with van der Waals surface area (Å²) in [4.78, 5) is 2.25. The molecule has 0 bridgehead atoms. The molecular formula is C8H12ClN3S. The predicted octanol–water partition coefficient (Wildman–Crippen LogP) is 2.03. The number of aryl methyl sites for hydroxylation is 1. The van der Waals surface area contributed by atoms with Crippen LogP contribution in [0.25, 0.3) is 0 Å². The molecule has 0 atom stereocenters. The smallest absolute Gasteiger partial charge is 0.208 e. The third-order valence-electron chi connectivity index (χ3n) is 1.84. The number of hydrogen-bond donors (Lipinski definition) is 0. The Morgan fingerprint density at radius 2 is 2.23 bits per heavy atom. The van der Waals surface area contributed by atoms with Gasteiger partial charge in [-0.15, -0.1) is 22.6 Å². The number of anilines is 1. The molecule has 0 aliphatic carbocycles. The van der Waals surface area contributed by atoms with Crippen LogP contribution in [0, 0.1) is 6.92 Å². The van der Waals surface area contributed by atoms with Gasteiger partial charge in [0.15, 0.2) is 0 Å². The second-order valence-electron chi connectivity index (χ2n) is 2.81. The Hall–Kier alpha value is -0.610. The van der Waals surface area contributed by atoms with E-state index in [0.29, 0.717) is 0 Å². The Morgan fingerprint density at radius 3 is 2.77 bits per heavy atom. The minimum Gasteiger partial charge on any atom is -0.343 e. The van der Waals surface area contributed by atoms with Crippen LogP contribution in [0.15, 0.2) is 12.2 Å². The van der Waals surface area contributed by atoms with Crippen LogP contribution < -0.4 is 4.90 Å². The summed E-state index contributed by atoms with van der Waals surface area (Å²) in [5, 5.41) is 10.2. The lowest BCUT2D eigenvalue weighted by atomic mass is 10.3. The normalized spacial score (nSPS) is 15.6. The first-order valence-corrected chi connectivity index (χ1v) is 4.88. The lowest BCUT2D eigenvalue weighted by molar-refractivity contribution is 0.806. The van der Waals surface area contributed by atoms with E-state index in [0.717, 1.165) is 29.6 Å². The molecule has 3 nitrogen and oxygen atoms in total. The van der Waals surface area contributed by atoms with Crippen LogP contribution in [0.3, 0.4) is 0 Å². The molecule has 1 aromatic heterocycles. The second-order valence-corrected chi connectivity index (χ2v) is 3.97. The average Bonchev–Trinajstić information content (AvgIpc) is 2.54. The minimum atomic E-state index is 0. The molecule has 0 aromatic carbocycles. The highest BCUT2D eigenvalue weighted by Crippen LogP contribution is 2.20. The van der Waals surface area contributed by atoms with E-state index in [1.165, 1.54) is 0 Å². The third-order valence-corrected chi connectivity index (χ3v) is 2.74. The maximum absolute atomic E-state index is 4.10. The van der Waals surface area contributed by atoms with Crippen LogP contribution in [0.2, 0.25) is 0 Å². The van der Waals surface area contributed by atoms with Crippen LogP contribution in [0.4, 0.5) is 5.13 Å². The number of aromatic nitrogens is 2. The van der Waals surface area contributed by atoms with Gasteiger partial charge in [-0.2, -0.15) is 0 Å². The van der Waals surface area contributed by atoms with Crippen molar-refractivity contribution in [2.75, 3.05) is 18.0 Å². The Labute approximate surface area is 87.9 Å². The lowest BCUT2D eigenvalue weighted by Gasteiger charge is -2.21. The van der Waals surface area contributed by atoms with Gasteiger partial charge < -0.3 is 4.90 Å². The van der Waals surface area contributed by atoms with Crippen molar-refractivity contribution in [1.82, 2.24) is 10.2 Å². The highest BCUT2D eigenvalue weighted by atomic mass is 35.5. The summed E-state index contributed by atoms with van der Waals surface area (Å²) in [5.74, 6) is 0. The second kappa shape index (κ2) is 4.58. The van der Waals surface area contributed by atoms with E-state index in [4.69, 9.17) is 0 Å². The van der Waals surface area contributed by atoms with Gasteiger partial charge in [-0.05, 0) is 13.3 Å². The van der Waals surface area contributed by atoms with Crippen LogP contribution in [0.5, 0.6) is 0 Å². The first-order chi connectivity index (χ1) is 5.86. The van der Waals surface area contributed by atoms with Crippen molar-refractivity contribution < 1.29 is 0 Å². The SMILES string of the molecule is Cc1nnc(N2CC=CCC2)s1.Cl. The van der Waals surface area contributed by atoms with Crippen molar-refractivity contribution in [3.8, 4) is 0 Å². The van der Waals surface area contributed by atoms with Crippen molar-refractivity contribution in [2.45, 2.75) is 13.3 Å². The van der Waals surface area contributed by atoms with E-state index in [1.807, 2.05) is 6.92 Å². The molecule has 0 saturated heterocycles. The molecule has 0 N–H and O–H groups in total. The average molecular weight is 218 g/mol. The van der Waals surface area contributed by atoms with Crippen LogP contribution in [-0.2, 0) is 0 Å². The first-order valence-electron chi connectivity index (χ1n) is 4.06. The molecule has 0 unspecified atom stereocenters. The van der Waals surface area contributed by atoms with Crippen LogP contribution in [-0.4, -0.2) is 23.3 Å². The minimum absolute atomic E-state index is 0. The first kappa shape index (κ1) is 10.5. The Balaban J connectivity index is 0.000000845. The monoisotopic (exact) mass is 217 g/mol. The quantitative estimate of drug-likeness (QED) is 0.675.